The Morgan fingerprint density at radius 2 is 0.912 bits per heavy atom. The van der Waals surface area contributed by atoms with E-state index in [4.69, 9.17) is 56.9 Å². The lowest BCUT2D eigenvalue weighted by Crippen LogP contribution is -2.61. The van der Waals surface area contributed by atoms with E-state index in [0.717, 1.165) is 28.5 Å². The van der Waals surface area contributed by atoms with Crippen LogP contribution in [-0.2, 0) is 34.4 Å². The molecule has 0 unspecified atom stereocenters. The number of halogens is 4. The molecule has 0 saturated carbocycles. The Labute approximate surface area is 486 Å². The molecule has 3 heterocycles. The fourth-order valence-electron chi connectivity index (χ4n) is 10.0. The van der Waals surface area contributed by atoms with Crippen molar-refractivity contribution in [2.24, 2.45) is 5.73 Å². The fraction of sp³-hybridized carbons (Fsp3) is 0.298. The number of hydrogen-bond donors (Lipinski definition) is 3. The molecule has 80 heavy (non-hydrogen) atoms. The van der Waals surface area contributed by atoms with Crippen molar-refractivity contribution in [1.29, 1.82) is 0 Å². The number of nitrogens with one attached hydrogen (secondary N) is 2. The van der Waals surface area contributed by atoms with Crippen molar-refractivity contribution in [3.63, 3.8) is 0 Å². The number of anilines is 2. The fourth-order valence-corrected chi connectivity index (χ4v) is 12.8. The number of nitrogens with two attached hydrogens (primary N) is 1. The van der Waals surface area contributed by atoms with Crippen molar-refractivity contribution in [3.05, 3.63) is 199 Å². The first-order valence-corrected chi connectivity index (χ1v) is 30.7. The molecule has 0 spiro atoms. The maximum absolute atomic E-state index is 13.0. The molecule has 0 aromatic heterocycles. The number of amides is 4. The monoisotopic (exact) mass is 1200 g/mol. The minimum atomic E-state index is -3.68. The zero-order chi connectivity index (χ0) is 57.3. The summed E-state index contributed by atoms with van der Waals surface area (Å²) in [5.74, 6) is -1.58. The first-order chi connectivity index (χ1) is 38.1. The van der Waals surface area contributed by atoms with Gasteiger partial charge in [0.1, 0.15) is 0 Å². The van der Waals surface area contributed by atoms with Gasteiger partial charge in [-0.15, -0.1) is 0 Å². The standard InChI is InChI=1S/C30H32Cl2N4O5S.C27H28Cl2N4O4S/c1-42(39,40)36(26-4-2-3-23(17-26)30(38)33-18-28(37)34-13-15-41-16-14-34)27-19-35(20-27)29(21-5-9-24(31)10-6-21)22-7-11-25(32)12-8-22;1-38(36,37)33(23-4-2-3-20(15-23)27(35)31-14-13-25(30)34)24-16-32(17-24)26(18-5-9-21(28)10-6-18)19-7-11-22(29)12-8-19/h2-12,17,27,29H,13-16,18-20H2,1H3,(H,33,38);2-12,15,24,26H,13-14,16-17H2,1H3,(H2,30,34)(H,31,35). The molecule has 9 rings (SSSR count). The van der Waals surface area contributed by atoms with Gasteiger partial charge in [-0.2, -0.15) is 0 Å². The molecule has 0 atom stereocenters. The summed E-state index contributed by atoms with van der Waals surface area (Å²) in [6.45, 7) is 3.75. The third kappa shape index (κ3) is 15.4. The lowest BCUT2D eigenvalue weighted by Gasteiger charge is -2.48. The number of rotatable bonds is 19. The van der Waals surface area contributed by atoms with E-state index in [1.807, 2.05) is 97.1 Å². The van der Waals surface area contributed by atoms with Crippen molar-refractivity contribution in [2.45, 2.75) is 30.6 Å². The maximum Gasteiger partial charge on any atom is 0.251 e. The smallest absolute Gasteiger partial charge is 0.251 e. The van der Waals surface area contributed by atoms with Gasteiger partial charge in [-0.1, -0.05) is 107 Å². The van der Waals surface area contributed by atoms with Crippen LogP contribution < -0.4 is 25.0 Å². The van der Waals surface area contributed by atoms with Gasteiger partial charge in [0.25, 0.3) is 11.8 Å². The van der Waals surface area contributed by atoms with Crippen LogP contribution in [0.3, 0.4) is 0 Å². The third-order valence-electron chi connectivity index (χ3n) is 13.8. The highest BCUT2D eigenvalue weighted by atomic mass is 35.5. The van der Waals surface area contributed by atoms with Crippen LogP contribution >= 0.6 is 46.4 Å². The largest absolute Gasteiger partial charge is 0.378 e. The van der Waals surface area contributed by atoms with Gasteiger partial charge in [0.2, 0.25) is 31.9 Å². The maximum atomic E-state index is 13.0. The molecule has 3 fully saturated rings. The Morgan fingerprint density at radius 1 is 0.562 bits per heavy atom. The van der Waals surface area contributed by atoms with Crippen LogP contribution in [0.5, 0.6) is 0 Å². The SMILES string of the molecule is CS(=O)(=O)N(c1cccc(C(=O)NCC(=O)N2CCOCC2)c1)C1CN(C(c2ccc(Cl)cc2)c2ccc(Cl)cc2)C1.CS(=O)(=O)N(c1cccc(C(=O)NCCC(N)=O)c1)C1CN(C(c2ccc(Cl)cc2)c2ccc(Cl)cc2)C1. The zero-order valence-corrected chi connectivity index (χ0v) is 48.4. The summed E-state index contributed by atoms with van der Waals surface area (Å²) >= 11 is 24.5. The van der Waals surface area contributed by atoms with Gasteiger partial charge in [0, 0.05) is 83.5 Å². The van der Waals surface area contributed by atoms with Crippen LogP contribution in [0.25, 0.3) is 0 Å². The van der Waals surface area contributed by atoms with Gasteiger partial charge in [0.05, 0.1) is 67.8 Å². The molecular formula is C57H60Cl4N8O9S2. The van der Waals surface area contributed by atoms with E-state index in [1.54, 1.807) is 53.4 Å². The first-order valence-electron chi connectivity index (χ1n) is 25.5. The molecular weight excluding hydrogens is 1150 g/mol. The van der Waals surface area contributed by atoms with Crippen LogP contribution in [0.15, 0.2) is 146 Å². The number of likely N-dealkylation sites (tertiary alicyclic amines) is 2. The van der Waals surface area contributed by atoms with E-state index < -0.39 is 37.8 Å². The van der Waals surface area contributed by atoms with Crippen LogP contribution in [0, 0.1) is 0 Å². The van der Waals surface area contributed by atoms with E-state index in [0.29, 0.717) is 83.9 Å². The van der Waals surface area contributed by atoms with Crippen LogP contribution in [0.2, 0.25) is 20.1 Å². The Balaban J connectivity index is 0.000000211. The number of sulfonamides is 2. The minimum Gasteiger partial charge on any atom is -0.378 e. The van der Waals surface area contributed by atoms with E-state index in [9.17, 15) is 36.0 Å². The summed E-state index contributed by atoms with van der Waals surface area (Å²) in [6.07, 6.45) is 2.34. The molecule has 6 aromatic carbocycles. The average molecular weight is 1210 g/mol. The highest BCUT2D eigenvalue weighted by Crippen LogP contribution is 2.39. The molecule has 3 aliphatic rings. The highest BCUT2D eigenvalue weighted by Gasteiger charge is 2.42. The second kappa shape index (κ2) is 26.6. The number of nitrogens with zero attached hydrogens (tertiary/aromatic N) is 5. The van der Waals surface area contributed by atoms with E-state index >= 15 is 0 Å². The summed E-state index contributed by atoms with van der Waals surface area (Å²) in [6, 6.07) is 42.4. The number of carbonyl (C=O) groups is 4. The van der Waals surface area contributed by atoms with E-state index in [2.05, 4.69) is 20.4 Å². The number of benzene rings is 6. The topological polar surface area (TPSA) is 212 Å². The molecule has 6 aromatic rings. The summed E-state index contributed by atoms with van der Waals surface area (Å²) in [7, 11) is -7.34. The van der Waals surface area contributed by atoms with Crippen LogP contribution in [0.1, 0.15) is 61.5 Å². The summed E-state index contributed by atoms with van der Waals surface area (Å²) < 4.78 is 59.9. The minimum absolute atomic E-state index is 0.0151. The lowest BCUT2D eigenvalue weighted by molar-refractivity contribution is -0.134. The average Bonchev–Trinajstić information content (AvgIpc) is 3.41. The predicted octanol–water partition coefficient (Wildman–Crippen LogP) is 7.66. The lowest BCUT2D eigenvalue weighted by atomic mass is 9.93. The molecule has 3 aliphatic heterocycles. The highest BCUT2D eigenvalue weighted by molar-refractivity contribution is 7.92. The molecule has 4 N–H and O–H groups in total. The van der Waals surface area contributed by atoms with Gasteiger partial charge >= 0.3 is 0 Å². The van der Waals surface area contributed by atoms with Gasteiger partial charge in [-0.3, -0.25) is 37.6 Å². The normalized spacial score (nSPS) is 15.3. The second-order valence-electron chi connectivity index (χ2n) is 19.6. The number of hydrogen-bond acceptors (Lipinski definition) is 11. The first kappa shape index (κ1) is 59.9. The molecule has 422 valence electrons. The van der Waals surface area contributed by atoms with Gasteiger partial charge in [-0.05, 0) is 107 Å². The van der Waals surface area contributed by atoms with Gasteiger partial charge < -0.3 is 26.0 Å². The van der Waals surface area contributed by atoms with Gasteiger partial charge in [-0.25, -0.2) is 16.8 Å². The zero-order valence-electron chi connectivity index (χ0n) is 43.8. The quantitative estimate of drug-likeness (QED) is 0.0717. The third-order valence-corrected chi connectivity index (χ3v) is 17.2. The van der Waals surface area contributed by atoms with Crippen molar-refractivity contribution < 1.29 is 40.8 Å². The molecule has 23 heteroatoms. The Bertz CT molecular complexity index is 3290. The Hall–Kier alpha value is -6.26. The Morgan fingerprint density at radius 3 is 1.25 bits per heavy atom. The molecule has 0 aliphatic carbocycles. The van der Waals surface area contributed by atoms with Gasteiger partial charge in [0.15, 0.2) is 0 Å². The number of carbonyl (C=O) groups excluding carboxylic acids is 4. The van der Waals surface area contributed by atoms with E-state index in [1.165, 1.54) is 14.9 Å². The molecule has 0 radical (unpaired) electrons. The van der Waals surface area contributed by atoms with Crippen molar-refractivity contribution >= 4 is 101 Å². The Kier molecular flexibility index (Phi) is 19.9. The predicted molar refractivity (Wildman–Crippen MR) is 314 cm³/mol. The summed E-state index contributed by atoms with van der Waals surface area (Å²) in [4.78, 5) is 54.9. The molecule has 17 nitrogen and oxygen atoms in total. The summed E-state index contributed by atoms with van der Waals surface area (Å²) in [5, 5.41) is 7.81. The van der Waals surface area contributed by atoms with Crippen LogP contribution in [-0.4, -0.2) is 145 Å². The van der Waals surface area contributed by atoms with Crippen molar-refractivity contribution in [1.82, 2.24) is 25.3 Å². The van der Waals surface area contributed by atoms with Crippen molar-refractivity contribution in [2.75, 3.05) is 86.7 Å². The van der Waals surface area contributed by atoms with Crippen molar-refractivity contribution in [3.8, 4) is 0 Å². The molecule has 4 amide bonds. The van der Waals surface area contributed by atoms with Crippen LogP contribution in [0.4, 0.5) is 11.4 Å². The molecule has 3 saturated heterocycles. The number of ether oxygens (including phenoxy) is 1. The molecule has 0 bridgehead atoms. The van der Waals surface area contributed by atoms with E-state index in [-0.39, 0.29) is 60.7 Å². The summed E-state index contributed by atoms with van der Waals surface area (Å²) in [5.41, 5.74) is 10.6. The second-order valence-corrected chi connectivity index (χ2v) is 25.1. The number of primary amides is 1. The number of morpholine rings is 1.